The van der Waals surface area contributed by atoms with E-state index in [0.29, 0.717) is 19.3 Å². The van der Waals surface area contributed by atoms with Gasteiger partial charge in [0.25, 0.3) is 0 Å². The number of esters is 1. The van der Waals surface area contributed by atoms with Crippen molar-refractivity contribution in [2.24, 2.45) is 0 Å². The standard InChI is InChI=1S/C72H137NO10/c1-4-7-10-13-16-19-22-24-26-28-29-30-31-32-33-34-35-36-38-39-41-44-47-50-53-56-59-65(76)71(80)73-63(64(75)58-55-52-49-46-43-21-18-15-12-9-6-3)62-81-72-70(69(79)68(78)66(61-74)82-72)83-67(77)60-57-54-51-48-45-42-40-37-27-25-23-20-17-14-11-8-5-2/h24,26,55,58,63-66,68-70,72,74-76,78-79H,4-23,25,27-54,56-57,59-62H2,1-3H3,(H,73,80)/b26-24+,58-55+. The van der Waals surface area contributed by atoms with E-state index in [-0.39, 0.29) is 13.0 Å². The molecule has 1 heterocycles. The Labute approximate surface area is 511 Å². The summed E-state index contributed by atoms with van der Waals surface area (Å²) in [6.07, 6.45) is 62.3. The number of carbonyl (C=O) groups is 2. The minimum atomic E-state index is -1.61. The van der Waals surface area contributed by atoms with Gasteiger partial charge < -0.3 is 45.1 Å². The maximum absolute atomic E-state index is 13.5. The third-order valence-corrected chi connectivity index (χ3v) is 17.4. The van der Waals surface area contributed by atoms with Crippen LogP contribution in [0.1, 0.15) is 361 Å². The highest BCUT2D eigenvalue weighted by atomic mass is 16.7. The smallest absolute Gasteiger partial charge is 0.306 e. The highest BCUT2D eigenvalue weighted by Gasteiger charge is 2.47. The van der Waals surface area contributed by atoms with Gasteiger partial charge in [-0.2, -0.15) is 0 Å². The van der Waals surface area contributed by atoms with E-state index in [9.17, 15) is 35.1 Å². The number of aliphatic hydroxyl groups excluding tert-OH is 5. The molecular formula is C72H137NO10. The molecular weight excluding hydrogens is 1040 g/mol. The van der Waals surface area contributed by atoms with Gasteiger partial charge in [-0.3, -0.25) is 9.59 Å². The van der Waals surface area contributed by atoms with Crippen molar-refractivity contribution in [3.63, 3.8) is 0 Å². The van der Waals surface area contributed by atoms with Crippen LogP contribution in [0.25, 0.3) is 0 Å². The molecule has 0 aromatic heterocycles. The minimum Gasteiger partial charge on any atom is -0.454 e. The fraction of sp³-hybridized carbons (Fsp3) is 0.917. The number of aliphatic hydroxyl groups is 5. The van der Waals surface area contributed by atoms with Gasteiger partial charge in [-0.15, -0.1) is 0 Å². The number of rotatable bonds is 63. The zero-order valence-electron chi connectivity index (χ0n) is 54.6. The van der Waals surface area contributed by atoms with E-state index in [1.807, 2.05) is 6.08 Å². The van der Waals surface area contributed by atoms with E-state index in [1.165, 1.54) is 257 Å². The van der Waals surface area contributed by atoms with Gasteiger partial charge in [-0.25, -0.2) is 0 Å². The second-order valence-corrected chi connectivity index (χ2v) is 25.3. The Kier molecular flexibility index (Phi) is 57.6. The molecule has 1 rings (SSSR count). The van der Waals surface area contributed by atoms with Crippen molar-refractivity contribution in [2.45, 2.75) is 410 Å². The van der Waals surface area contributed by atoms with E-state index in [0.717, 1.165) is 57.8 Å². The molecule has 490 valence electrons. The summed E-state index contributed by atoms with van der Waals surface area (Å²) in [5.74, 6) is -1.17. The van der Waals surface area contributed by atoms with Crippen molar-refractivity contribution < 1.29 is 49.3 Å². The quantitative estimate of drug-likeness (QED) is 0.0195. The summed E-state index contributed by atoms with van der Waals surface area (Å²) in [7, 11) is 0. The van der Waals surface area contributed by atoms with E-state index in [4.69, 9.17) is 14.2 Å². The third-order valence-electron chi connectivity index (χ3n) is 17.4. The van der Waals surface area contributed by atoms with Crippen molar-refractivity contribution in [3.8, 4) is 0 Å². The van der Waals surface area contributed by atoms with E-state index in [1.54, 1.807) is 6.08 Å². The average Bonchev–Trinajstić information content (AvgIpc) is 3.62. The lowest BCUT2D eigenvalue weighted by Crippen LogP contribution is -2.61. The zero-order valence-corrected chi connectivity index (χ0v) is 54.6. The molecule has 0 aromatic carbocycles. The summed E-state index contributed by atoms with van der Waals surface area (Å²) in [6, 6.07) is -1.02. The first-order chi connectivity index (χ1) is 40.7. The van der Waals surface area contributed by atoms with Crippen molar-refractivity contribution in [2.75, 3.05) is 13.2 Å². The van der Waals surface area contributed by atoms with Crippen LogP contribution in [0.4, 0.5) is 0 Å². The first-order valence-corrected chi connectivity index (χ1v) is 36.1. The summed E-state index contributed by atoms with van der Waals surface area (Å²) >= 11 is 0. The van der Waals surface area contributed by atoms with Crippen LogP contribution in [0.5, 0.6) is 0 Å². The van der Waals surface area contributed by atoms with Crippen LogP contribution < -0.4 is 5.32 Å². The Morgan fingerprint density at radius 2 is 0.795 bits per heavy atom. The van der Waals surface area contributed by atoms with Crippen LogP contribution in [0.2, 0.25) is 0 Å². The summed E-state index contributed by atoms with van der Waals surface area (Å²) in [6.45, 7) is 5.84. The molecule has 0 aromatic rings. The molecule has 0 spiro atoms. The van der Waals surface area contributed by atoms with Crippen molar-refractivity contribution in [1.82, 2.24) is 5.32 Å². The molecule has 83 heavy (non-hydrogen) atoms. The van der Waals surface area contributed by atoms with Gasteiger partial charge in [0.1, 0.15) is 24.4 Å². The predicted octanol–water partition coefficient (Wildman–Crippen LogP) is 18.4. The lowest BCUT2D eigenvalue weighted by Gasteiger charge is -2.41. The molecule has 1 amide bonds. The molecule has 11 heteroatoms. The van der Waals surface area contributed by atoms with Crippen LogP contribution in [-0.2, 0) is 23.8 Å². The average molecular weight is 1180 g/mol. The van der Waals surface area contributed by atoms with E-state index >= 15 is 0 Å². The van der Waals surface area contributed by atoms with Crippen LogP contribution >= 0.6 is 0 Å². The minimum absolute atomic E-state index is 0.131. The second-order valence-electron chi connectivity index (χ2n) is 25.3. The number of ether oxygens (including phenoxy) is 3. The van der Waals surface area contributed by atoms with Crippen LogP contribution in [0.3, 0.4) is 0 Å². The number of unbranched alkanes of at least 4 members (excludes halogenated alkanes) is 47. The van der Waals surface area contributed by atoms with Crippen molar-refractivity contribution >= 4 is 11.9 Å². The molecule has 1 aliphatic heterocycles. The van der Waals surface area contributed by atoms with Crippen LogP contribution in [0.15, 0.2) is 24.3 Å². The van der Waals surface area contributed by atoms with Gasteiger partial charge in [-0.05, 0) is 51.4 Å². The summed E-state index contributed by atoms with van der Waals surface area (Å²) in [5.41, 5.74) is 0. The Bertz CT molecular complexity index is 1450. The van der Waals surface area contributed by atoms with Gasteiger partial charge >= 0.3 is 5.97 Å². The topological polar surface area (TPSA) is 175 Å². The Morgan fingerprint density at radius 3 is 1.17 bits per heavy atom. The number of carbonyl (C=O) groups excluding carboxylic acids is 2. The predicted molar refractivity (Wildman–Crippen MR) is 348 cm³/mol. The summed E-state index contributed by atoms with van der Waals surface area (Å²) in [5, 5.41) is 57.2. The normalized spacial score (nSPS) is 18.6. The first-order valence-electron chi connectivity index (χ1n) is 36.1. The molecule has 1 saturated heterocycles. The van der Waals surface area contributed by atoms with Gasteiger partial charge in [0.05, 0.1) is 25.4 Å². The fourth-order valence-electron chi connectivity index (χ4n) is 11.7. The number of nitrogens with one attached hydrogen (secondary N) is 1. The molecule has 11 nitrogen and oxygen atoms in total. The number of hydrogen-bond donors (Lipinski definition) is 6. The fourth-order valence-corrected chi connectivity index (χ4v) is 11.7. The molecule has 8 unspecified atom stereocenters. The molecule has 1 aliphatic rings. The van der Waals surface area contributed by atoms with E-state index < -0.39 is 67.4 Å². The van der Waals surface area contributed by atoms with Crippen molar-refractivity contribution in [3.05, 3.63) is 24.3 Å². The monoisotopic (exact) mass is 1180 g/mol. The lowest BCUT2D eigenvalue weighted by atomic mass is 9.99. The first kappa shape index (κ1) is 79.2. The summed E-state index contributed by atoms with van der Waals surface area (Å²) < 4.78 is 17.7. The molecule has 0 aliphatic carbocycles. The molecule has 0 bridgehead atoms. The molecule has 0 saturated carbocycles. The maximum atomic E-state index is 13.5. The maximum Gasteiger partial charge on any atom is 0.306 e. The van der Waals surface area contributed by atoms with E-state index in [2.05, 4.69) is 38.2 Å². The van der Waals surface area contributed by atoms with Gasteiger partial charge in [0.15, 0.2) is 12.4 Å². The largest absolute Gasteiger partial charge is 0.454 e. The summed E-state index contributed by atoms with van der Waals surface area (Å²) in [4.78, 5) is 26.6. The molecule has 0 radical (unpaired) electrons. The van der Waals surface area contributed by atoms with Gasteiger partial charge in [0, 0.05) is 6.42 Å². The van der Waals surface area contributed by atoms with Gasteiger partial charge in [0.2, 0.25) is 5.91 Å². The highest BCUT2D eigenvalue weighted by Crippen LogP contribution is 2.26. The van der Waals surface area contributed by atoms with Crippen LogP contribution in [0, 0.1) is 0 Å². The SMILES string of the molecule is CCCCCCCC/C=C/CCCCCCCCCCCCCCCCCCC(O)C(=O)NC(COC1OC(CO)C(O)C(O)C1OC(=O)CCCCCCCCCCCCCCCCCCC)C(O)/C=C/CCCCCCCCCCC. The Morgan fingerprint density at radius 1 is 0.458 bits per heavy atom. The molecule has 8 atom stereocenters. The van der Waals surface area contributed by atoms with Crippen molar-refractivity contribution in [1.29, 1.82) is 0 Å². The highest BCUT2D eigenvalue weighted by molar-refractivity contribution is 5.80. The second kappa shape index (κ2) is 60.4. The molecule has 6 N–H and O–H groups in total. The van der Waals surface area contributed by atoms with Crippen LogP contribution in [-0.4, -0.2) is 99.6 Å². The number of hydrogen-bond acceptors (Lipinski definition) is 10. The Balaban J connectivity index is 2.52. The number of amides is 1. The third kappa shape index (κ3) is 47.8. The molecule has 1 fully saturated rings. The van der Waals surface area contributed by atoms with Gasteiger partial charge in [-0.1, -0.05) is 328 Å². The zero-order chi connectivity index (χ0) is 60.3. The Hall–Kier alpha value is -1.86. The number of allylic oxidation sites excluding steroid dienone is 3. The lowest BCUT2D eigenvalue weighted by molar-refractivity contribution is -0.305.